The van der Waals surface area contributed by atoms with Crippen LogP contribution in [0.5, 0.6) is 0 Å². The third kappa shape index (κ3) is 513. The molecule has 2 N–H and O–H groups in total. The zero-order valence-electron chi connectivity index (χ0n) is 12.8. The molecule has 0 aliphatic carbocycles. The van der Waals surface area contributed by atoms with Crippen molar-refractivity contribution in [3.8, 4) is 0 Å². The van der Waals surface area contributed by atoms with E-state index < -0.39 is 0 Å². The molecule has 0 aromatic heterocycles. The van der Waals surface area contributed by atoms with Crippen LogP contribution in [0.3, 0.4) is 0 Å². The number of unbranched alkanes of at least 4 members (excludes halogenated alkanes) is 2. The molecule has 17 heavy (non-hydrogen) atoms. The minimum Gasteiger partial charge on any atom is -0.394 e. The maximum Gasteiger partial charge on any atom is 2.00 e. The number of rotatable bonds is 2. The third-order valence-electron chi connectivity index (χ3n) is 0.707. The summed E-state index contributed by atoms with van der Waals surface area (Å²) in [4.78, 5) is 0. The van der Waals surface area contributed by atoms with Gasteiger partial charge < -0.3 is 24.1 Å². The molecule has 0 saturated carbocycles. The molecule has 0 bridgehead atoms. The molecule has 0 aliphatic heterocycles. The van der Waals surface area contributed by atoms with E-state index in [1.165, 1.54) is 12.8 Å². The van der Waals surface area contributed by atoms with Crippen LogP contribution < -0.4 is 0 Å². The predicted octanol–water partition coefficient (Wildman–Crippen LogP) is 4.01. The Labute approximate surface area is 125 Å². The van der Waals surface area contributed by atoms with Crippen molar-refractivity contribution in [1.29, 1.82) is 0 Å². The van der Waals surface area contributed by atoms with E-state index in [0.29, 0.717) is 0 Å². The van der Waals surface area contributed by atoms with Gasteiger partial charge in [0.1, 0.15) is 0 Å². The van der Waals surface area contributed by atoms with Crippen LogP contribution in [0.4, 0.5) is 0 Å². The van der Waals surface area contributed by atoms with E-state index in [2.05, 4.69) is 27.7 Å². The summed E-state index contributed by atoms with van der Waals surface area (Å²) in [6.07, 6.45) is 4.22. The van der Waals surface area contributed by atoms with Crippen molar-refractivity contribution < 1.29 is 31.9 Å². The maximum atomic E-state index is 8.06. The Morgan fingerprint density at radius 3 is 0.824 bits per heavy atom. The zero-order valence-corrected chi connectivity index (χ0v) is 14.4. The molecule has 0 amide bonds. The molecule has 0 rings (SSSR count). The first-order chi connectivity index (χ1) is 7.29. The van der Waals surface area contributed by atoms with Crippen molar-refractivity contribution in [2.45, 2.75) is 79.4 Å². The van der Waals surface area contributed by atoms with Crippen molar-refractivity contribution >= 4 is 0 Å². The summed E-state index contributed by atoms with van der Waals surface area (Å²) in [6, 6.07) is 0. The molecule has 2 nitrogen and oxygen atoms in total. The van der Waals surface area contributed by atoms with Crippen molar-refractivity contribution in [2.75, 3.05) is 0 Å². The summed E-state index contributed by atoms with van der Waals surface area (Å²) < 4.78 is 0. The molecule has 0 radical (unpaired) electrons. The molecule has 0 saturated heterocycles. The minimum absolute atomic E-state index is 0. The molecule has 106 valence electrons. The number of aliphatic hydroxyl groups excluding tert-OH is 2. The van der Waals surface area contributed by atoms with Crippen molar-refractivity contribution in [3.05, 3.63) is 13.8 Å². The van der Waals surface area contributed by atoms with Crippen LogP contribution >= 0.6 is 0 Å². The molecule has 0 atom stereocenters. The second kappa shape index (κ2) is 36.0. The molecular weight excluding hydrogens is 248 g/mol. The first-order valence-corrected chi connectivity index (χ1v) is 6.24. The Kier molecular flexibility index (Phi) is 64.6. The molecule has 0 spiro atoms. The standard InChI is InChI=1S/2C4H9.2C3H8O.Ti/c2*1-3-4-2;2*1-3(2)4;/h2*1,3-4H2,2H3;2*3-4H,1-2H3;/q2*-1;;;+2. The van der Waals surface area contributed by atoms with E-state index in [0.717, 1.165) is 12.8 Å². The van der Waals surface area contributed by atoms with Gasteiger partial charge in [-0.15, -0.1) is 0 Å². The first kappa shape index (κ1) is 30.6. The van der Waals surface area contributed by atoms with Crippen LogP contribution in [0, 0.1) is 13.8 Å². The van der Waals surface area contributed by atoms with Gasteiger partial charge in [0.2, 0.25) is 0 Å². The Morgan fingerprint density at radius 1 is 0.765 bits per heavy atom. The van der Waals surface area contributed by atoms with Gasteiger partial charge >= 0.3 is 21.7 Å². The summed E-state index contributed by atoms with van der Waals surface area (Å²) in [7, 11) is 0. The fourth-order valence-electron chi connectivity index (χ4n) is 0. The zero-order chi connectivity index (χ0) is 14.0. The Hall–Kier alpha value is 0.634. The number of hydrogen-bond donors (Lipinski definition) is 2. The molecule has 0 aliphatic rings. The molecule has 0 aromatic rings. The van der Waals surface area contributed by atoms with Crippen LogP contribution in [0.1, 0.15) is 67.2 Å². The van der Waals surface area contributed by atoms with E-state index in [-0.39, 0.29) is 33.9 Å². The fourth-order valence-corrected chi connectivity index (χ4v) is 0. The Bertz CT molecular complexity index is 57.1. The summed E-state index contributed by atoms with van der Waals surface area (Å²) in [5.74, 6) is 0. The molecule has 0 fully saturated rings. The molecular formula is C14H34O2Ti. The van der Waals surface area contributed by atoms with Crippen LogP contribution in [0.2, 0.25) is 0 Å². The summed E-state index contributed by atoms with van der Waals surface area (Å²) >= 11 is 0. The molecule has 0 heterocycles. The Morgan fingerprint density at radius 2 is 0.824 bits per heavy atom. The number of aliphatic hydroxyl groups is 2. The van der Waals surface area contributed by atoms with Gasteiger partial charge in [0, 0.05) is 12.2 Å². The van der Waals surface area contributed by atoms with Crippen molar-refractivity contribution in [1.82, 2.24) is 0 Å². The van der Waals surface area contributed by atoms with Gasteiger partial charge in [0.25, 0.3) is 0 Å². The second-order valence-corrected chi connectivity index (χ2v) is 3.89. The predicted molar refractivity (Wildman–Crippen MR) is 75.2 cm³/mol. The Balaban J connectivity index is -0.0000000369. The monoisotopic (exact) mass is 282 g/mol. The first-order valence-electron chi connectivity index (χ1n) is 6.24. The average Bonchev–Trinajstić information content (AvgIpc) is 2.16. The van der Waals surface area contributed by atoms with Gasteiger partial charge in [0.15, 0.2) is 0 Å². The quantitative estimate of drug-likeness (QED) is 0.593. The maximum absolute atomic E-state index is 8.06. The van der Waals surface area contributed by atoms with E-state index >= 15 is 0 Å². The van der Waals surface area contributed by atoms with Gasteiger partial charge in [0.05, 0.1) is 0 Å². The molecule has 3 heteroatoms. The van der Waals surface area contributed by atoms with E-state index in [1.54, 1.807) is 27.7 Å². The van der Waals surface area contributed by atoms with Crippen LogP contribution in [0.25, 0.3) is 0 Å². The van der Waals surface area contributed by atoms with Gasteiger partial charge in [-0.3, -0.25) is 0 Å². The van der Waals surface area contributed by atoms with E-state index in [4.69, 9.17) is 10.2 Å². The van der Waals surface area contributed by atoms with Gasteiger partial charge in [-0.25, -0.2) is 0 Å². The van der Waals surface area contributed by atoms with E-state index in [9.17, 15) is 0 Å². The van der Waals surface area contributed by atoms with Gasteiger partial charge in [-0.1, -0.05) is 26.7 Å². The normalized spacial score (nSPS) is 7.76. The van der Waals surface area contributed by atoms with Gasteiger partial charge in [-0.2, -0.15) is 12.8 Å². The summed E-state index contributed by atoms with van der Waals surface area (Å²) in [5.41, 5.74) is 0. The summed E-state index contributed by atoms with van der Waals surface area (Å²) in [6.45, 7) is 18.3. The molecule has 0 aromatic carbocycles. The van der Waals surface area contributed by atoms with Gasteiger partial charge in [-0.05, 0) is 27.7 Å². The largest absolute Gasteiger partial charge is 2.00 e. The second-order valence-electron chi connectivity index (χ2n) is 3.89. The summed E-state index contributed by atoms with van der Waals surface area (Å²) in [5, 5.41) is 16.1. The fraction of sp³-hybridized carbons (Fsp3) is 0.857. The van der Waals surface area contributed by atoms with Crippen LogP contribution in [-0.4, -0.2) is 22.4 Å². The van der Waals surface area contributed by atoms with Crippen molar-refractivity contribution in [2.24, 2.45) is 0 Å². The van der Waals surface area contributed by atoms with Crippen LogP contribution in [-0.2, 0) is 21.7 Å². The number of hydrogen-bond acceptors (Lipinski definition) is 2. The van der Waals surface area contributed by atoms with Crippen LogP contribution in [0.15, 0.2) is 0 Å². The molecule has 0 unspecified atom stereocenters. The SMILES string of the molecule is CC(C)O.CC(C)O.[CH2-]CCC.[CH2-]CCC.[Ti+2]. The van der Waals surface area contributed by atoms with Crippen molar-refractivity contribution in [3.63, 3.8) is 0 Å². The van der Waals surface area contributed by atoms with E-state index in [1.807, 2.05) is 0 Å². The smallest absolute Gasteiger partial charge is 0.394 e. The minimum atomic E-state index is -0.167. The third-order valence-corrected chi connectivity index (χ3v) is 0.707. The topological polar surface area (TPSA) is 40.5 Å². The average molecular weight is 282 g/mol.